The standard InChI is InChI=1S/C20H20N4O4/c1-14-6-7-18(21-10-14)22-13-17(19(25)23-11-15-4-2-8-27-15)20(26)24-12-16-5-3-9-28-16/h2-10,13H,11-12H2,1H3,(H,21,22)(H,23,25)(H,24,26). The third kappa shape index (κ3) is 5.34. The fourth-order valence-corrected chi connectivity index (χ4v) is 2.29. The molecule has 144 valence electrons. The molecule has 0 saturated heterocycles. The molecule has 0 atom stereocenters. The van der Waals surface area contributed by atoms with Crippen LogP contribution in [-0.4, -0.2) is 16.8 Å². The van der Waals surface area contributed by atoms with Gasteiger partial charge in [0.05, 0.1) is 25.6 Å². The summed E-state index contributed by atoms with van der Waals surface area (Å²) in [5.41, 5.74) is 0.905. The number of pyridine rings is 1. The second-order valence-electron chi connectivity index (χ2n) is 5.95. The third-order valence-electron chi connectivity index (χ3n) is 3.77. The molecule has 0 fully saturated rings. The van der Waals surface area contributed by atoms with E-state index in [1.54, 1.807) is 36.5 Å². The lowest BCUT2D eigenvalue weighted by Gasteiger charge is -2.09. The summed E-state index contributed by atoms with van der Waals surface area (Å²) in [4.78, 5) is 29.3. The highest BCUT2D eigenvalue weighted by molar-refractivity contribution is 6.18. The van der Waals surface area contributed by atoms with Crippen molar-refractivity contribution in [3.05, 3.63) is 84.0 Å². The van der Waals surface area contributed by atoms with Gasteiger partial charge >= 0.3 is 0 Å². The van der Waals surface area contributed by atoms with Crippen LogP contribution in [0.2, 0.25) is 0 Å². The first-order valence-corrected chi connectivity index (χ1v) is 8.62. The molecule has 3 rings (SSSR count). The quantitative estimate of drug-likeness (QED) is 0.315. The maximum Gasteiger partial charge on any atom is 0.258 e. The van der Waals surface area contributed by atoms with Gasteiger partial charge in [0, 0.05) is 12.4 Å². The van der Waals surface area contributed by atoms with Crippen molar-refractivity contribution in [1.82, 2.24) is 15.6 Å². The molecule has 0 saturated carbocycles. The van der Waals surface area contributed by atoms with Crippen LogP contribution >= 0.6 is 0 Å². The van der Waals surface area contributed by atoms with Crippen molar-refractivity contribution in [2.24, 2.45) is 0 Å². The molecule has 0 unspecified atom stereocenters. The Balaban J connectivity index is 1.69. The van der Waals surface area contributed by atoms with Crippen molar-refractivity contribution in [1.29, 1.82) is 0 Å². The van der Waals surface area contributed by atoms with E-state index in [2.05, 4.69) is 20.9 Å². The molecule has 3 heterocycles. The number of nitrogens with one attached hydrogen (secondary N) is 3. The fourth-order valence-electron chi connectivity index (χ4n) is 2.29. The van der Waals surface area contributed by atoms with Gasteiger partial charge in [-0.2, -0.15) is 0 Å². The predicted octanol–water partition coefficient (Wildman–Crippen LogP) is 2.50. The Bertz CT molecular complexity index is 877. The van der Waals surface area contributed by atoms with Gasteiger partial charge in [-0.25, -0.2) is 4.98 Å². The van der Waals surface area contributed by atoms with Crippen molar-refractivity contribution in [2.45, 2.75) is 20.0 Å². The zero-order chi connectivity index (χ0) is 19.8. The molecular weight excluding hydrogens is 360 g/mol. The van der Waals surface area contributed by atoms with Gasteiger partial charge in [-0.15, -0.1) is 0 Å². The molecule has 0 aliphatic carbocycles. The number of carbonyl (C=O) groups excluding carboxylic acids is 2. The number of aryl methyl sites for hydroxylation is 1. The molecule has 28 heavy (non-hydrogen) atoms. The highest BCUT2D eigenvalue weighted by Crippen LogP contribution is 2.07. The Morgan fingerprint density at radius 3 is 2.04 bits per heavy atom. The second kappa shape index (κ2) is 9.22. The van der Waals surface area contributed by atoms with Crippen molar-refractivity contribution < 1.29 is 18.4 Å². The fraction of sp³-hybridized carbons (Fsp3) is 0.150. The van der Waals surface area contributed by atoms with E-state index in [1.165, 1.54) is 18.7 Å². The monoisotopic (exact) mass is 380 g/mol. The summed E-state index contributed by atoms with van der Waals surface area (Å²) >= 11 is 0. The van der Waals surface area contributed by atoms with Crippen LogP contribution in [0.1, 0.15) is 17.1 Å². The van der Waals surface area contributed by atoms with Crippen LogP contribution in [-0.2, 0) is 22.7 Å². The normalized spacial score (nSPS) is 10.2. The molecular formula is C20H20N4O4. The first-order chi connectivity index (χ1) is 13.6. The summed E-state index contributed by atoms with van der Waals surface area (Å²) in [5.74, 6) is 0.579. The van der Waals surface area contributed by atoms with E-state index in [1.807, 2.05) is 13.0 Å². The number of furan rings is 2. The van der Waals surface area contributed by atoms with Crippen LogP contribution in [0.4, 0.5) is 5.82 Å². The lowest BCUT2D eigenvalue weighted by molar-refractivity contribution is -0.123. The molecule has 8 heteroatoms. The van der Waals surface area contributed by atoms with Gasteiger partial charge in [0.2, 0.25) is 0 Å². The molecule has 3 aromatic heterocycles. The molecule has 0 aliphatic heterocycles. The minimum Gasteiger partial charge on any atom is -0.467 e. The highest BCUT2D eigenvalue weighted by atomic mass is 16.3. The number of anilines is 1. The van der Waals surface area contributed by atoms with Crippen LogP contribution in [0.5, 0.6) is 0 Å². The number of nitrogens with zero attached hydrogens (tertiary/aromatic N) is 1. The molecule has 3 aromatic rings. The molecule has 0 spiro atoms. The summed E-state index contributed by atoms with van der Waals surface area (Å²) in [5, 5.41) is 8.20. The number of hydrogen-bond acceptors (Lipinski definition) is 6. The van der Waals surface area contributed by atoms with Crippen molar-refractivity contribution in [2.75, 3.05) is 5.32 Å². The number of amides is 2. The Morgan fingerprint density at radius 2 is 1.57 bits per heavy atom. The Morgan fingerprint density at radius 1 is 0.964 bits per heavy atom. The number of carbonyl (C=O) groups is 2. The van der Waals surface area contributed by atoms with Crippen molar-refractivity contribution >= 4 is 17.6 Å². The average Bonchev–Trinajstić information content (AvgIpc) is 3.40. The Hall–Kier alpha value is -3.81. The highest BCUT2D eigenvalue weighted by Gasteiger charge is 2.19. The minimum atomic E-state index is -0.548. The summed E-state index contributed by atoms with van der Waals surface area (Å²) < 4.78 is 10.4. The van der Waals surface area contributed by atoms with Crippen LogP contribution in [0.3, 0.4) is 0 Å². The lowest BCUT2D eigenvalue weighted by atomic mass is 10.2. The average molecular weight is 380 g/mol. The lowest BCUT2D eigenvalue weighted by Crippen LogP contribution is -2.34. The van der Waals surface area contributed by atoms with Gasteiger partial charge in [-0.05, 0) is 42.8 Å². The van der Waals surface area contributed by atoms with E-state index in [4.69, 9.17) is 8.83 Å². The van der Waals surface area contributed by atoms with Gasteiger partial charge in [0.25, 0.3) is 11.8 Å². The molecule has 0 radical (unpaired) electrons. The smallest absolute Gasteiger partial charge is 0.258 e. The Labute approximate surface area is 161 Å². The van der Waals surface area contributed by atoms with E-state index in [0.717, 1.165) is 5.56 Å². The van der Waals surface area contributed by atoms with Gasteiger partial charge in [-0.1, -0.05) is 6.07 Å². The zero-order valence-corrected chi connectivity index (χ0v) is 15.3. The number of rotatable bonds is 8. The van der Waals surface area contributed by atoms with E-state index in [9.17, 15) is 9.59 Å². The number of hydrogen-bond donors (Lipinski definition) is 3. The molecule has 2 amide bonds. The SMILES string of the molecule is Cc1ccc(NC=C(C(=O)NCc2ccco2)C(=O)NCc2ccco2)nc1. The third-order valence-corrected chi connectivity index (χ3v) is 3.77. The van der Waals surface area contributed by atoms with Gasteiger partial charge in [0.15, 0.2) is 0 Å². The molecule has 8 nitrogen and oxygen atoms in total. The second-order valence-corrected chi connectivity index (χ2v) is 5.95. The molecule has 0 aromatic carbocycles. The van der Waals surface area contributed by atoms with Crippen molar-refractivity contribution in [3.8, 4) is 0 Å². The summed E-state index contributed by atoms with van der Waals surface area (Å²) in [6.45, 7) is 2.25. The van der Waals surface area contributed by atoms with Gasteiger partial charge in [-0.3, -0.25) is 9.59 Å². The van der Waals surface area contributed by atoms with Crippen LogP contribution in [0.25, 0.3) is 0 Å². The largest absolute Gasteiger partial charge is 0.467 e. The maximum absolute atomic E-state index is 12.6. The molecule has 3 N–H and O–H groups in total. The van der Waals surface area contributed by atoms with E-state index in [0.29, 0.717) is 17.3 Å². The first-order valence-electron chi connectivity index (χ1n) is 8.62. The zero-order valence-electron chi connectivity index (χ0n) is 15.3. The molecule has 0 bridgehead atoms. The number of aromatic nitrogens is 1. The van der Waals surface area contributed by atoms with Crippen LogP contribution in [0.15, 0.2) is 75.7 Å². The van der Waals surface area contributed by atoms with E-state index < -0.39 is 11.8 Å². The Kier molecular flexibility index (Phi) is 6.25. The van der Waals surface area contributed by atoms with Crippen LogP contribution < -0.4 is 16.0 Å². The summed E-state index contributed by atoms with van der Waals surface area (Å²) in [6.07, 6.45) is 6.04. The van der Waals surface area contributed by atoms with E-state index in [-0.39, 0.29) is 18.7 Å². The molecule has 0 aliphatic rings. The van der Waals surface area contributed by atoms with Crippen LogP contribution in [0, 0.1) is 6.92 Å². The summed E-state index contributed by atoms with van der Waals surface area (Å²) in [6, 6.07) is 10.5. The maximum atomic E-state index is 12.6. The minimum absolute atomic E-state index is 0.0968. The first kappa shape index (κ1) is 19.0. The van der Waals surface area contributed by atoms with Gasteiger partial charge < -0.3 is 24.8 Å². The van der Waals surface area contributed by atoms with Crippen molar-refractivity contribution in [3.63, 3.8) is 0 Å². The van der Waals surface area contributed by atoms with Gasteiger partial charge in [0.1, 0.15) is 22.9 Å². The van der Waals surface area contributed by atoms with E-state index >= 15 is 0 Å². The predicted molar refractivity (Wildman–Crippen MR) is 102 cm³/mol. The summed E-state index contributed by atoms with van der Waals surface area (Å²) in [7, 11) is 0. The topological polar surface area (TPSA) is 109 Å².